The zero-order chi connectivity index (χ0) is 15.8. The van der Waals surface area contributed by atoms with Crippen LogP contribution in [0.4, 0.5) is 0 Å². The summed E-state index contributed by atoms with van der Waals surface area (Å²) < 4.78 is 6.75. The Hall–Kier alpha value is -1.33. The van der Waals surface area contributed by atoms with E-state index in [-0.39, 0.29) is 11.9 Å². The van der Waals surface area contributed by atoms with Crippen LogP contribution >= 0.6 is 15.9 Å². The minimum Gasteiger partial charge on any atom is -0.481 e. The van der Waals surface area contributed by atoms with E-state index in [1.807, 2.05) is 18.2 Å². The molecule has 0 aliphatic heterocycles. The van der Waals surface area contributed by atoms with Crippen LogP contribution in [0.2, 0.25) is 0 Å². The van der Waals surface area contributed by atoms with Crippen LogP contribution < -0.4 is 15.8 Å². The van der Waals surface area contributed by atoms with E-state index in [2.05, 4.69) is 34.7 Å². The lowest BCUT2D eigenvalue weighted by Gasteiger charge is -2.18. The van der Waals surface area contributed by atoms with Crippen LogP contribution in [0.5, 0.6) is 5.75 Å². The normalized spacial score (nSPS) is 13.3. The van der Waals surface area contributed by atoms with Crippen LogP contribution in [0.25, 0.3) is 0 Å². The maximum atomic E-state index is 11.8. The summed E-state index contributed by atoms with van der Waals surface area (Å²) in [5, 5.41) is 2.72. The molecule has 0 aromatic heterocycles. The summed E-state index contributed by atoms with van der Waals surface area (Å²) in [5.41, 5.74) is 7.02. The van der Waals surface area contributed by atoms with Crippen LogP contribution in [0.15, 0.2) is 35.3 Å². The lowest BCUT2D eigenvalue weighted by Crippen LogP contribution is -2.36. The molecule has 0 spiro atoms. The molecule has 0 radical (unpaired) electrons. The van der Waals surface area contributed by atoms with Crippen molar-refractivity contribution in [2.75, 3.05) is 6.54 Å². The highest BCUT2D eigenvalue weighted by molar-refractivity contribution is 9.10. The maximum absolute atomic E-state index is 11.8. The van der Waals surface area contributed by atoms with Crippen LogP contribution in [-0.4, -0.2) is 24.6 Å². The average molecular weight is 355 g/mol. The van der Waals surface area contributed by atoms with E-state index in [0.29, 0.717) is 18.7 Å². The smallest absolute Gasteiger partial charge is 0.261 e. The molecule has 0 aliphatic rings. The molecule has 116 valence electrons. The number of benzene rings is 1. The van der Waals surface area contributed by atoms with Gasteiger partial charge in [-0.3, -0.25) is 4.79 Å². The highest BCUT2D eigenvalue weighted by atomic mass is 79.9. The number of carbonyl (C=O) groups is 1. The molecule has 0 bridgehead atoms. The van der Waals surface area contributed by atoms with Crippen LogP contribution in [-0.2, 0) is 11.2 Å². The molecule has 1 aromatic carbocycles. The zero-order valence-electron chi connectivity index (χ0n) is 12.6. The molecule has 2 atom stereocenters. The summed E-state index contributed by atoms with van der Waals surface area (Å²) in [7, 11) is 0. The zero-order valence-corrected chi connectivity index (χ0v) is 14.2. The molecule has 4 nitrogen and oxygen atoms in total. The minimum absolute atomic E-state index is 0.0755. The van der Waals surface area contributed by atoms with E-state index in [4.69, 9.17) is 10.5 Å². The van der Waals surface area contributed by atoms with Crippen molar-refractivity contribution in [2.24, 2.45) is 5.73 Å². The van der Waals surface area contributed by atoms with Gasteiger partial charge in [0.1, 0.15) is 5.75 Å². The third kappa shape index (κ3) is 5.89. The van der Waals surface area contributed by atoms with E-state index >= 15 is 0 Å². The summed E-state index contributed by atoms with van der Waals surface area (Å²) in [6, 6.07) is 5.81. The Balaban J connectivity index is 2.81. The molecule has 0 saturated heterocycles. The van der Waals surface area contributed by atoms with Gasteiger partial charge < -0.3 is 15.8 Å². The average Bonchev–Trinajstić information content (AvgIpc) is 2.47. The number of amides is 1. The van der Waals surface area contributed by atoms with Gasteiger partial charge in [-0.1, -0.05) is 28.9 Å². The molecular formula is C16H23BrN2O2. The van der Waals surface area contributed by atoms with Gasteiger partial charge in [0.25, 0.3) is 5.91 Å². The summed E-state index contributed by atoms with van der Waals surface area (Å²) in [4.78, 5) is 11.8. The number of carbonyl (C=O) groups excluding carboxylic acids is 1. The fraction of sp³-hybridized carbons (Fsp3) is 0.438. The molecule has 5 heteroatoms. The van der Waals surface area contributed by atoms with Crippen molar-refractivity contribution in [3.8, 4) is 5.75 Å². The van der Waals surface area contributed by atoms with Gasteiger partial charge in [0.15, 0.2) is 6.10 Å². The summed E-state index contributed by atoms with van der Waals surface area (Å²) in [5.74, 6) is 0.534. The quantitative estimate of drug-likeness (QED) is 0.705. The van der Waals surface area contributed by atoms with Gasteiger partial charge >= 0.3 is 0 Å². The third-order valence-corrected chi connectivity index (χ3v) is 3.62. The van der Waals surface area contributed by atoms with E-state index in [1.165, 1.54) is 0 Å². The van der Waals surface area contributed by atoms with Crippen molar-refractivity contribution < 1.29 is 9.53 Å². The Morgan fingerprint density at radius 2 is 2.29 bits per heavy atom. The number of rotatable bonds is 8. The second-order valence-corrected chi connectivity index (χ2v) is 5.83. The third-order valence-electron chi connectivity index (χ3n) is 3.12. The molecule has 21 heavy (non-hydrogen) atoms. The van der Waals surface area contributed by atoms with Crippen molar-refractivity contribution in [1.82, 2.24) is 5.32 Å². The first-order valence-electron chi connectivity index (χ1n) is 7.07. The van der Waals surface area contributed by atoms with Gasteiger partial charge in [-0.05, 0) is 43.5 Å². The first-order chi connectivity index (χ1) is 9.97. The van der Waals surface area contributed by atoms with E-state index in [9.17, 15) is 4.79 Å². The van der Waals surface area contributed by atoms with E-state index in [0.717, 1.165) is 16.5 Å². The Labute approximate surface area is 134 Å². The number of hydrogen-bond acceptors (Lipinski definition) is 3. The van der Waals surface area contributed by atoms with Gasteiger partial charge in [-0.2, -0.15) is 0 Å². The van der Waals surface area contributed by atoms with Crippen molar-refractivity contribution in [2.45, 2.75) is 38.8 Å². The molecule has 0 aliphatic carbocycles. The molecule has 3 N–H and O–H groups in total. The molecule has 0 fully saturated rings. The molecule has 1 aromatic rings. The van der Waals surface area contributed by atoms with Crippen LogP contribution in [0.1, 0.15) is 25.8 Å². The first kappa shape index (κ1) is 17.7. The first-order valence-corrected chi connectivity index (χ1v) is 7.86. The highest BCUT2D eigenvalue weighted by Crippen LogP contribution is 2.25. The second kappa shape index (κ2) is 8.85. The van der Waals surface area contributed by atoms with Crippen molar-refractivity contribution in [3.05, 3.63) is 40.9 Å². The monoisotopic (exact) mass is 354 g/mol. The minimum atomic E-state index is -0.567. The van der Waals surface area contributed by atoms with Gasteiger partial charge in [0.2, 0.25) is 0 Å². The predicted octanol–water partition coefficient (Wildman–Crippen LogP) is 2.80. The standard InChI is InChI=1S/C16H23BrN2O2/c1-4-8-19-16(20)11(3)21-15-7-6-13(17)9-12(15)10-14(18)5-2/h4,6-7,9,11,14H,1,5,8,10,18H2,2-3H3,(H,19,20). The lowest BCUT2D eigenvalue weighted by molar-refractivity contribution is -0.127. The Kier molecular flexibility index (Phi) is 7.47. The van der Waals surface area contributed by atoms with Gasteiger partial charge in [0, 0.05) is 17.1 Å². The van der Waals surface area contributed by atoms with Gasteiger partial charge in [0.05, 0.1) is 0 Å². The van der Waals surface area contributed by atoms with Gasteiger partial charge in [-0.15, -0.1) is 6.58 Å². The molecule has 2 unspecified atom stereocenters. The number of nitrogens with two attached hydrogens (primary N) is 1. The number of halogens is 1. The summed E-state index contributed by atoms with van der Waals surface area (Å²) >= 11 is 3.45. The van der Waals surface area contributed by atoms with Crippen LogP contribution in [0.3, 0.4) is 0 Å². The summed E-state index contributed by atoms with van der Waals surface area (Å²) in [6.45, 7) is 7.77. The molecule has 1 rings (SSSR count). The molecule has 0 heterocycles. The number of ether oxygens (including phenoxy) is 1. The summed E-state index contributed by atoms with van der Waals surface area (Å²) in [6.07, 6.45) is 2.67. The molecule has 0 saturated carbocycles. The van der Waals surface area contributed by atoms with Gasteiger partial charge in [-0.25, -0.2) is 0 Å². The topological polar surface area (TPSA) is 64.3 Å². The fourth-order valence-corrected chi connectivity index (χ4v) is 2.22. The number of nitrogens with one attached hydrogen (secondary N) is 1. The highest BCUT2D eigenvalue weighted by Gasteiger charge is 2.16. The maximum Gasteiger partial charge on any atom is 0.261 e. The largest absolute Gasteiger partial charge is 0.481 e. The SMILES string of the molecule is C=CCNC(=O)C(C)Oc1ccc(Br)cc1CC(N)CC. The molecule has 1 amide bonds. The van der Waals surface area contributed by atoms with E-state index < -0.39 is 6.10 Å². The van der Waals surface area contributed by atoms with Crippen molar-refractivity contribution in [1.29, 1.82) is 0 Å². The van der Waals surface area contributed by atoms with Crippen molar-refractivity contribution in [3.63, 3.8) is 0 Å². The van der Waals surface area contributed by atoms with Crippen LogP contribution in [0, 0.1) is 0 Å². The molecular weight excluding hydrogens is 332 g/mol. The Morgan fingerprint density at radius 1 is 1.57 bits per heavy atom. The Morgan fingerprint density at radius 3 is 2.90 bits per heavy atom. The fourth-order valence-electron chi connectivity index (χ4n) is 1.81. The van der Waals surface area contributed by atoms with E-state index in [1.54, 1.807) is 13.0 Å². The number of hydrogen-bond donors (Lipinski definition) is 2. The predicted molar refractivity (Wildman–Crippen MR) is 89.4 cm³/mol. The second-order valence-electron chi connectivity index (χ2n) is 4.92. The Bertz CT molecular complexity index is 491. The van der Waals surface area contributed by atoms with Crippen molar-refractivity contribution >= 4 is 21.8 Å². The lowest BCUT2D eigenvalue weighted by atomic mass is 10.0.